The van der Waals surface area contributed by atoms with E-state index in [4.69, 9.17) is 9.15 Å². The van der Waals surface area contributed by atoms with Crippen molar-refractivity contribution in [1.29, 1.82) is 0 Å². The number of methoxy groups -OCH3 is 1. The standard InChI is InChI=1S/C27H23N3O3.C13H20N2.C4H10/c1-3-14-30-26(19-9-11-20(32-2)12-10-19)29-17-23(27(30)31)28-16-18-8-13-25-22(15-18)21-6-4-5-7-24(21)33-25;1-4-5-12-6-7-15-10-13(12)8-11(2)9-14-3;1-3-4-2/h3-13,15,17,28H,1,14,16H2,2H3;6-8,10,14H,4-5,9H2,1-3H3;3-4H2,1-2H3/b;11-8+;. The summed E-state index contributed by atoms with van der Waals surface area (Å²) in [6.07, 6.45) is 14.3. The van der Waals surface area contributed by atoms with Gasteiger partial charge in [-0.15, -0.1) is 6.58 Å². The summed E-state index contributed by atoms with van der Waals surface area (Å²) in [6, 6.07) is 23.6. The van der Waals surface area contributed by atoms with Gasteiger partial charge in [0.05, 0.1) is 13.3 Å². The summed E-state index contributed by atoms with van der Waals surface area (Å²) in [5.41, 5.74) is 7.86. The van der Waals surface area contributed by atoms with E-state index in [1.807, 2.05) is 80.1 Å². The van der Waals surface area contributed by atoms with Crippen LogP contribution in [0.2, 0.25) is 0 Å². The Morgan fingerprint density at radius 3 is 2.38 bits per heavy atom. The molecular weight excluding hydrogens is 647 g/mol. The van der Waals surface area contributed by atoms with E-state index in [0.29, 0.717) is 24.6 Å². The third-order valence-electron chi connectivity index (χ3n) is 8.45. The summed E-state index contributed by atoms with van der Waals surface area (Å²) in [4.78, 5) is 22.0. The van der Waals surface area contributed by atoms with Crippen molar-refractivity contribution in [2.24, 2.45) is 0 Å². The van der Waals surface area contributed by atoms with Gasteiger partial charge in [0.1, 0.15) is 28.4 Å². The van der Waals surface area contributed by atoms with Crippen molar-refractivity contribution in [1.82, 2.24) is 19.9 Å². The van der Waals surface area contributed by atoms with Crippen LogP contribution in [0.3, 0.4) is 0 Å². The number of unbranched alkanes of at least 4 members (excludes halogenated alkanes) is 1. The van der Waals surface area contributed by atoms with Crippen molar-refractivity contribution >= 4 is 33.7 Å². The molecule has 0 bridgehead atoms. The number of rotatable bonds is 13. The summed E-state index contributed by atoms with van der Waals surface area (Å²) in [5.74, 6) is 1.33. The second-order valence-electron chi connectivity index (χ2n) is 12.6. The Balaban J connectivity index is 0.000000266. The van der Waals surface area contributed by atoms with Crippen LogP contribution in [0.5, 0.6) is 5.75 Å². The molecule has 272 valence electrons. The quantitative estimate of drug-likeness (QED) is 0.116. The van der Waals surface area contributed by atoms with Crippen LogP contribution >= 0.6 is 0 Å². The van der Waals surface area contributed by atoms with Crippen molar-refractivity contribution in [3.8, 4) is 17.1 Å². The monoisotopic (exact) mass is 699 g/mol. The molecule has 0 saturated heterocycles. The fourth-order valence-corrected chi connectivity index (χ4v) is 5.62. The molecule has 8 heteroatoms. The Kier molecular flexibility index (Phi) is 15.4. The molecule has 0 aliphatic heterocycles. The second kappa shape index (κ2) is 20.4. The first kappa shape index (κ1) is 39.3. The Bertz CT molecular complexity index is 2110. The zero-order chi connectivity index (χ0) is 37.3. The van der Waals surface area contributed by atoms with E-state index in [-0.39, 0.29) is 5.56 Å². The fraction of sp³-hybridized carbons (Fsp3) is 0.295. The summed E-state index contributed by atoms with van der Waals surface area (Å²) < 4.78 is 12.7. The minimum Gasteiger partial charge on any atom is -0.497 e. The molecule has 6 aromatic rings. The number of hydrogen-bond donors (Lipinski definition) is 2. The number of fused-ring (bicyclic) bond motifs is 3. The number of aryl methyl sites for hydroxylation is 1. The lowest BCUT2D eigenvalue weighted by Gasteiger charge is -2.14. The van der Waals surface area contributed by atoms with Crippen molar-refractivity contribution in [2.45, 2.75) is 66.5 Å². The molecule has 0 atom stereocenters. The average molecular weight is 700 g/mol. The number of pyridine rings is 1. The first-order chi connectivity index (χ1) is 25.4. The molecule has 2 N–H and O–H groups in total. The number of nitrogens with one attached hydrogen (secondary N) is 2. The maximum atomic E-state index is 13.2. The van der Waals surface area contributed by atoms with Crippen LogP contribution in [0.4, 0.5) is 5.69 Å². The largest absolute Gasteiger partial charge is 0.497 e. The molecule has 0 spiro atoms. The molecule has 52 heavy (non-hydrogen) atoms. The Morgan fingerprint density at radius 1 is 0.942 bits per heavy atom. The van der Waals surface area contributed by atoms with Gasteiger partial charge in [0.25, 0.3) is 5.56 Å². The van der Waals surface area contributed by atoms with Crippen LogP contribution in [0, 0.1) is 0 Å². The van der Waals surface area contributed by atoms with Gasteiger partial charge < -0.3 is 19.8 Å². The normalized spacial score (nSPS) is 11.0. The maximum absolute atomic E-state index is 13.2. The van der Waals surface area contributed by atoms with Gasteiger partial charge in [-0.1, -0.05) is 82.0 Å². The molecule has 0 saturated carbocycles. The van der Waals surface area contributed by atoms with Crippen molar-refractivity contribution in [2.75, 3.05) is 26.0 Å². The Hall–Kier alpha value is -5.47. The molecule has 0 radical (unpaired) electrons. The minimum atomic E-state index is -0.148. The van der Waals surface area contributed by atoms with Gasteiger partial charge in [-0.3, -0.25) is 14.3 Å². The molecule has 0 unspecified atom stereocenters. The molecule has 0 amide bonds. The second-order valence-corrected chi connectivity index (χ2v) is 12.6. The molecule has 0 aliphatic rings. The number of allylic oxidation sites excluding steroid dienone is 1. The van der Waals surface area contributed by atoms with Gasteiger partial charge in [-0.05, 0) is 85.6 Å². The van der Waals surface area contributed by atoms with E-state index in [0.717, 1.165) is 51.8 Å². The first-order valence-corrected chi connectivity index (χ1v) is 18.1. The number of anilines is 1. The predicted octanol–water partition coefficient (Wildman–Crippen LogP) is 10.1. The zero-order valence-electron chi connectivity index (χ0n) is 31.5. The summed E-state index contributed by atoms with van der Waals surface area (Å²) in [5, 5.41) is 8.53. The number of likely N-dealkylation sites (N-methyl/N-ethyl adjacent to an activating group) is 1. The third kappa shape index (κ3) is 10.5. The smallest absolute Gasteiger partial charge is 0.277 e. The van der Waals surface area contributed by atoms with Gasteiger partial charge in [0, 0.05) is 48.4 Å². The third-order valence-corrected chi connectivity index (χ3v) is 8.45. The molecule has 3 aromatic carbocycles. The number of hydrogen-bond acceptors (Lipinski definition) is 7. The van der Waals surface area contributed by atoms with Crippen LogP contribution in [-0.2, 0) is 19.5 Å². The lowest BCUT2D eigenvalue weighted by Crippen LogP contribution is -2.25. The highest BCUT2D eigenvalue weighted by molar-refractivity contribution is 6.05. The SMILES string of the molecule is C=CCn1c(-c2ccc(OC)cc2)ncc(NCc2ccc3oc4ccccc4c3c2)c1=O.CCCC.CCCc1ccncc1/C=C(\C)CNC. The van der Waals surface area contributed by atoms with Gasteiger partial charge >= 0.3 is 0 Å². The fourth-order valence-electron chi connectivity index (χ4n) is 5.62. The lowest BCUT2D eigenvalue weighted by atomic mass is 10.0. The van der Waals surface area contributed by atoms with Crippen molar-refractivity contribution in [3.05, 3.63) is 137 Å². The molecule has 3 heterocycles. The first-order valence-electron chi connectivity index (χ1n) is 18.1. The van der Waals surface area contributed by atoms with Crippen molar-refractivity contribution in [3.63, 3.8) is 0 Å². The predicted molar refractivity (Wildman–Crippen MR) is 218 cm³/mol. The molecule has 3 aromatic heterocycles. The Morgan fingerprint density at radius 2 is 1.69 bits per heavy atom. The number of ether oxygens (including phenoxy) is 1. The highest BCUT2D eigenvalue weighted by atomic mass is 16.5. The van der Waals surface area contributed by atoms with Gasteiger partial charge in [0.2, 0.25) is 0 Å². The number of para-hydroxylation sites is 1. The van der Waals surface area contributed by atoms with E-state index < -0.39 is 0 Å². The van der Waals surface area contributed by atoms with Crippen LogP contribution in [0.25, 0.3) is 39.4 Å². The van der Waals surface area contributed by atoms with Crippen LogP contribution in [0.1, 0.15) is 63.6 Å². The maximum Gasteiger partial charge on any atom is 0.277 e. The number of nitrogens with zero attached hydrogens (tertiary/aromatic N) is 3. The summed E-state index contributed by atoms with van der Waals surface area (Å²) >= 11 is 0. The molecule has 8 nitrogen and oxygen atoms in total. The molecule has 0 aliphatic carbocycles. The highest BCUT2D eigenvalue weighted by Gasteiger charge is 2.13. The van der Waals surface area contributed by atoms with E-state index in [2.05, 4.69) is 73.1 Å². The highest BCUT2D eigenvalue weighted by Crippen LogP contribution is 2.29. The summed E-state index contributed by atoms with van der Waals surface area (Å²) in [7, 11) is 3.59. The van der Waals surface area contributed by atoms with Crippen LogP contribution in [0.15, 0.2) is 119 Å². The summed E-state index contributed by atoms with van der Waals surface area (Å²) in [6.45, 7) is 14.3. The number of furan rings is 1. The Labute approximate surface area is 308 Å². The molecule has 6 rings (SSSR count). The van der Waals surface area contributed by atoms with Gasteiger partial charge in [-0.25, -0.2) is 4.98 Å². The molecule has 0 fully saturated rings. The van der Waals surface area contributed by atoms with Gasteiger partial charge in [-0.2, -0.15) is 0 Å². The van der Waals surface area contributed by atoms with E-state index in [1.54, 1.807) is 23.9 Å². The molecular formula is C44H53N5O3. The number of benzene rings is 3. The number of aromatic nitrogens is 3. The van der Waals surface area contributed by atoms with Gasteiger partial charge in [0.15, 0.2) is 0 Å². The van der Waals surface area contributed by atoms with Crippen molar-refractivity contribution < 1.29 is 9.15 Å². The van der Waals surface area contributed by atoms with Crippen LogP contribution < -0.4 is 20.9 Å². The minimum absolute atomic E-state index is 0.148. The van der Waals surface area contributed by atoms with E-state index >= 15 is 0 Å². The zero-order valence-corrected chi connectivity index (χ0v) is 31.5. The lowest BCUT2D eigenvalue weighted by molar-refractivity contribution is 0.415. The van der Waals surface area contributed by atoms with E-state index in [9.17, 15) is 4.79 Å². The average Bonchev–Trinajstić information content (AvgIpc) is 3.54. The van der Waals surface area contributed by atoms with E-state index in [1.165, 1.54) is 36.0 Å². The van der Waals surface area contributed by atoms with Crippen LogP contribution in [-0.4, -0.2) is 35.2 Å². The topological polar surface area (TPSA) is 94.2 Å².